The van der Waals surface area contributed by atoms with Crippen molar-refractivity contribution >= 4 is 0 Å². The van der Waals surface area contributed by atoms with Crippen LogP contribution in [0.3, 0.4) is 0 Å². The Balaban J connectivity index is 1.74. The molecule has 2 aromatic rings. The third kappa shape index (κ3) is 2.60. The Hall–Kier alpha value is -1.69. The zero-order valence-electron chi connectivity index (χ0n) is 12.2. The van der Waals surface area contributed by atoms with E-state index in [2.05, 4.69) is 34.0 Å². The van der Waals surface area contributed by atoms with Gasteiger partial charge >= 0.3 is 0 Å². The summed E-state index contributed by atoms with van der Waals surface area (Å²) in [6, 6.07) is 2.20. The van der Waals surface area contributed by atoms with Gasteiger partial charge in [-0.25, -0.2) is 0 Å². The fourth-order valence-electron chi connectivity index (χ4n) is 2.62. The van der Waals surface area contributed by atoms with Crippen LogP contribution in [0.15, 0.2) is 15.1 Å². The Kier molecular flexibility index (Phi) is 3.56. The molecule has 6 heteroatoms. The van der Waals surface area contributed by atoms with E-state index in [-0.39, 0.29) is 12.0 Å². The van der Waals surface area contributed by atoms with Gasteiger partial charge in [-0.05, 0) is 26.3 Å². The number of likely N-dealkylation sites (tertiary alicyclic amines) is 1. The van der Waals surface area contributed by atoms with Gasteiger partial charge < -0.3 is 9.05 Å². The van der Waals surface area contributed by atoms with Crippen molar-refractivity contribution in [1.29, 1.82) is 0 Å². The van der Waals surface area contributed by atoms with Crippen LogP contribution in [-0.2, 0) is 6.54 Å². The average Bonchev–Trinajstić information content (AvgIpc) is 3.10. The van der Waals surface area contributed by atoms with Gasteiger partial charge in [0.1, 0.15) is 0 Å². The van der Waals surface area contributed by atoms with E-state index in [4.69, 9.17) is 9.05 Å². The van der Waals surface area contributed by atoms with E-state index in [1.165, 1.54) is 0 Å². The molecule has 1 aliphatic heterocycles. The molecule has 0 spiro atoms. The van der Waals surface area contributed by atoms with Crippen LogP contribution in [0.5, 0.6) is 0 Å². The van der Waals surface area contributed by atoms with Crippen LogP contribution in [0, 0.1) is 6.92 Å². The second-order valence-corrected chi connectivity index (χ2v) is 5.71. The van der Waals surface area contributed by atoms with Crippen LogP contribution in [-0.4, -0.2) is 26.7 Å². The van der Waals surface area contributed by atoms with Gasteiger partial charge in [0.25, 0.3) is 0 Å². The van der Waals surface area contributed by atoms with Crippen molar-refractivity contribution in [1.82, 2.24) is 20.2 Å². The molecule has 1 fully saturated rings. The molecule has 0 radical (unpaired) electrons. The van der Waals surface area contributed by atoms with Gasteiger partial charge in [0.15, 0.2) is 11.6 Å². The minimum Gasteiger partial charge on any atom is -0.360 e. The van der Waals surface area contributed by atoms with Crippen molar-refractivity contribution in [2.75, 3.05) is 6.54 Å². The first-order valence-corrected chi connectivity index (χ1v) is 7.13. The highest BCUT2D eigenvalue weighted by Gasteiger charge is 2.31. The zero-order chi connectivity index (χ0) is 14.1. The number of hydrogen-bond acceptors (Lipinski definition) is 6. The largest absolute Gasteiger partial charge is 0.360 e. The van der Waals surface area contributed by atoms with Crippen LogP contribution in [0.4, 0.5) is 0 Å². The minimum atomic E-state index is 0.219. The normalized spacial score (nSPS) is 20.1. The van der Waals surface area contributed by atoms with Crippen molar-refractivity contribution in [2.24, 2.45) is 0 Å². The molecule has 0 bridgehead atoms. The van der Waals surface area contributed by atoms with Crippen LogP contribution < -0.4 is 0 Å². The molecular formula is C14H20N4O2. The number of hydrogen-bond donors (Lipinski definition) is 0. The number of rotatable bonds is 4. The summed E-state index contributed by atoms with van der Waals surface area (Å²) in [7, 11) is 0. The summed E-state index contributed by atoms with van der Waals surface area (Å²) >= 11 is 0. The smallest absolute Gasteiger partial charge is 0.229 e. The standard InChI is InChI=1S/C14H20N4O2/c1-9(2)14-15-13(17-20-14)12-5-4-6-18(12)8-11-7-10(3)16-19-11/h7,9,12H,4-6,8H2,1-3H3/t12-/m1/s1. The van der Waals surface area contributed by atoms with E-state index < -0.39 is 0 Å². The van der Waals surface area contributed by atoms with Gasteiger partial charge in [-0.2, -0.15) is 4.98 Å². The van der Waals surface area contributed by atoms with E-state index in [9.17, 15) is 0 Å². The van der Waals surface area contributed by atoms with Crippen molar-refractivity contribution in [2.45, 2.75) is 52.1 Å². The van der Waals surface area contributed by atoms with Crippen molar-refractivity contribution in [3.8, 4) is 0 Å². The molecule has 6 nitrogen and oxygen atoms in total. The summed E-state index contributed by atoms with van der Waals surface area (Å²) in [5.41, 5.74) is 0.914. The molecular weight excluding hydrogens is 256 g/mol. The molecule has 1 atom stereocenters. The third-order valence-electron chi connectivity index (χ3n) is 3.65. The van der Waals surface area contributed by atoms with Crippen molar-refractivity contribution in [3.63, 3.8) is 0 Å². The fraction of sp³-hybridized carbons (Fsp3) is 0.643. The predicted octanol–water partition coefficient (Wildman–Crippen LogP) is 2.83. The van der Waals surface area contributed by atoms with Gasteiger partial charge in [-0.3, -0.25) is 4.90 Å². The molecule has 2 aromatic heterocycles. The second kappa shape index (κ2) is 5.36. The minimum absolute atomic E-state index is 0.219. The van der Waals surface area contributed by atoms with E-state index >= 15 is 0 Å². The summed E-state index contributed by atoms with van der Waals surface area (Å²) < 4.78 is 10.6. The zero-order valence-corrected chi connectivity index (χ0v) is 12.2. The molecule has 0 amide bonds. The molecule has 108 valence electrons. The molecule has 1 aliphatic rings. The van der Waals surface area contributed by atoms with Crippen molar-refractivity contribution < 1.29 is 9.05 Å². The lowest BCUT2D eigenvalue weighted by Crippen LogP contribution is -2.23. The van der Waals surface area contributed by atoms with Crippen LogP contribution in [0.2, 0.25) is 0 Å². The van der Waals surface area contributed by atoms with E-state index in [1.54, 1.807) is 0 Å². The first-order chi connectivity index (χ1) is 9.63. The summed E-state index contributed by atoms with van der Waals surface area (Å²) in [4.78, 5) is 6.85. The summed E-state index contributed by atoms with van der Waals surface area (Å²) in [6.45, 7) is 7.82. The average molecular weight is 276 g/mol. The summed E-state index contributed by atoms with van der Waals surface area (Å²) in [5, 5.41) is 8.07. The van der Waals surface area contributed by atoms with Crippen LogP contribution in [0.25, 0.3) is 0 Å². The number of nitrogens with zero attached hydrogens (tertiary/aromatic N) is 4. The first-order valence-electron chi connectivity index (χ1n) is 7.13. The molecule has 1 saturated heterocycles. The van der Waals surface area contributed by atoms with Crippen molar-refractivity contribution in [3.05, 3.63) is 29.2 Å². The summed E-state index contributed by atoms with van der Waals surface area (Å²) in [5.74, 6) is 2.66. The van der Waals surface area contributed by atoms with E-state index in [1.807, 2.05) is 13.0 Å². The van der Waals surface area contributed by atoms with Gasteiger partial charge in [-0.15, -0.1) is 0 Å². The molecule has 0 saturated carbocycles. The SMILES string of the molecule is Cc1cc(CN2CCC[C@@H]2c2noc(C(C)C)n2)on1. The fourth-order valence-corrected chi connectivity index (χ4v) is 2.62. The summed E-state index contributed by atoms with van der Waals surface area (Å²) in [6.07, 6.45) is 2.20. The highest BCUT2D eigenvalue weighted by Crippen LogP contribution is 2.32. The Morgan fingerprint density at radius 2 is 2.20 bits per heavy atom. The molecule has 0 aliphatic carbocycles. The van der Waals surface area contributed by atoms with Gasteiger partial charge in [-0.1, -0.05) is 24.2 Å². The van der Waals surface area contributed by atoms with Gasteiger partial charge in [0.2, 0.25) is 5.89 Å². The second-order valence-electron chi connectivity index (χ2n) is 5.71. The molecule has 0 aromatic carbocycles. The topological polar surface area (TPSA) is 68.2 Å². The predicted molar refractivity (Wildman–Crippen MR) is 72.0 cm³/mol. The molecule has 0 N–H and O–H groups in total. The lowest BCUT2D eigenvalue weighted by atomic mass is 10.2. The molecule has 20 heavy (non-hydrogen) atoms. The monoisotopic (exact) mass is 276 g/mol. The van der Waals surface area contributed by atoms with Gasteiger partial charge in [0.05, 0.1) is 18.3 Å². The molecule has 3 rings (SSSR count). The Morgan fingerprint density at radius 1 is 1.35 bits per heavy atom. The third-order valence-corrected chi connectivity index (χ3v) is 3.65. The van der Waals surface area contributed by atoms with Crippen LogP contribution in [0.1, 0.15) is 61.8 Å². The first kappa shape index (κ1) is 13.3. The van der Waals surface area contributed by atoms with E-state index in [0.29, 0.717) is 5.89 Å². The number of aromatic nitrogens is 3. The van der Waals surface area contributed by atoms with Gasteiger partial charge in [0, 0.05) is 12.0 Å². The highest BCUT2D eigenvalue weighted by atomic mass is 16.5. The lowest BCUT2D eigenvalue weighted by molar-refractivity contribution is 0.206. The maximum atomic E-state index is 5.32. The van der Waals surface area contributed by atoms with Crippen LogP contribution >= 0.6 is 0 Å². The maximum absolute atomic E-state index is 5.32. The molecule has 3 heterocycles. The molecule has 0 unspecified atom stereocenters. The quantitative estimate of drug-likeness (QED) is 0.855. The van der Waals surface area contributed by atoms with E-state index in [0.717, 1.165) is 43.2 Å². The Labute approximate surface area is 118 Å². The Bertz CT molecular complexity index is 575. The lowest BCUT2D eigenvalue weighted by Gasteiger charge is -2.19. The highest BCUT2D eigenvalue weighted by molar-refractivity contribution is 5.06. The maximum Gasteiger partial charge on any atom is 0.229 e. The number of aryl methyl sites for hydroxylation is 1. The Morgan fingerprint density at radius 3 is 2.85 bits per heavy atom.